The number of carboxylic acids is 1. The number of rotatable bonds is 7. The van der Waals surface area contributed by atoms with E-state index in [1.807, 2.05) is 26.0 Å². The Morgan fingerprint density at radius 1 is 1.47 bits per heavy atom. The summed E-state index contributed by atoms with van der Waals surface area (Å²) in [6, 6.07) is 3.64. The Labute approximate surface area is 117 Å². The van der Waals surface area contributed by atoms with Crippen molar-refractivity contribution in [2.75, 3.05) is 0 Å². The highest BCUT2D eigenvalue weighted by Gasteiger charge is 2.13. The molecule has 0 bridgehead atoms. The van der Waals surface area contributed by atoms with Gasteiger partial charge in [-0.3, -0.25) is 9.59 Å². The van der Waals surface area contributed by atoms with E-state index < -0.39 is 5.97 Å². The van der Waals surface area contributed by atoms with Gasteiger partial charge in [-0.1, -0.05) is 13.3 Å². The molecule has 1 rings (SSSR count). The van der Waals surface area contributed by atoms with Crippen molar-refractivity contribution in [1.29, 1.82) is 0 Å². The molecule has 1 heterocycles. The lowest BCUT2D eigenvalue weighted by atomic mass is 10.1. The number of carbonyl (C=O) groups excluding carboxylic acids is 1. The average Bonchev–Trinajstić information content (AvgIpc) is 2.72. The Bertz CT molecular complexity index is 465. The summed E-state index contributed by atoms with van der Waals surface area (Å²) in [6.45, 7) is 3.97. The predicted molar refractivity (Wildman–Crippen MR) is 77.2 cm³/mol. The van der Waals surface area contributed by atoms with Gasteiger partial charge >= 0.3 is 5.97 Å². The number of hydrogen-bond acceptors (Lipinski definition) is 3. The van der Waals surface area contributed by atoms with Crippen molar-refractivity contribution in [3.05, 3.63) is 28.0 Å². The molecule has 1 unspecified atom stereocenters. The van der Waals surface area contributed by atoms with Crippen LogP contribution in [0.5, 0.6) is 0 Å². The normalized spacial score (nSPS) is 12.5. The first kappa shape index (κ1) is 15.4. The zero-order valence-electron chi connectivity index (χ0n) is 11.2. The quantitative estimate of drug-likeness (QED) is 0.755. The van der Waals surface area contributed by atoms with E-state index in [-0.39, 0.29) is 18.4 Å². The Kier molecular flexibility index (Phi) is 6.29. The summed E-state index contributed by atoms with van der Waals surface area (Å²) in [5, 5.41) is 11.5. The first-order valence-corrected chi connectivity index (χ1v) is 7.09. The van der Waals surface area contributed by atoms with Gasteiger partial charge in [0, 0.05) is 21.9 Å². The highest BCUT2D eigenvalue weighted by atomic mass is 32.1. The second kappa shape index (κ2) is 7.74. The minimum Gasteiger partial charge on any atom is -0.481 e. The van der Waals surface area contributed by atoms with Crippen molar-refractivity contribution >= 4 is 29.3 Å². The van der Waals surface area contributed by atoms with Gasteiger partial charge in [0.2, 0.25) is 5.91 Å². The molecule has 1 atom stereocenters. The molecule has 0 spiro atoms. The largest absolute Gasteiger partial charge is 0.481 e. The van der Waals surface area contributed by atoms with Gasteiger partial charge in [-0.25, -0.2) is 0 Å². The van der Waals surface area contributed by atoms with Crippen LogP contribution in [0.2, 0.25) is 0 Å². The Morgan fingerprint density at radius 2 is 2.21 bits per heavy atom. The summed E-state index contributed by atoms with van der Waals surface area (Å²) in [4.78, 5) is 24.6. The number of carbonyl (C=O) groups is 2. The van der Waals surface area contributed by atoms with Crippen LogP contribution in [0.15, 0.2) is 18.2 Å². The van der Waals surface area contributed by atoms with Crippen molar-refractivity contribution in [2.45, 2.75) is 39.2 Å². The van der Waals surface area contributed by atoms with Gasteiger partial charge in [0.15, 0.2) is 0 Å². The van der Waals surface area contributed by atoms with Crippen LogP contribution in [0.3, 0.4) is 0 Å². The highest BCUT2D eigenvalue weighted by Crippen LogP contribution is 2.16. The maximum atomic E-state index is 11.7. The molecule has 1 amide bonds. The van der Waals surface area contributed by atoms with Gasteiger partial charge in [0.25, 0.3) is 0 Å². The van der Waals surface area contributed by atoms with Gasteiger partial charge in [-0.05, 0) is 31.6 Å². The molecular formula is C14H19NO3S. The summed E-state index contributed by atoms with van der Waals surface area (Å²) in [6.07, 6.45) is 4.67. The van der Waals surface area contributed by atoms with Gasteiger partial charge < -0.3 is 10.4 Å². The molecule has 0 saturated carbocycles. The molecule has 1 aromatic rings. The molecule has 19 heavy (non-hydrogen) atoms. The van der Waals surface area contributed by atoms with Crippen LogP contribution in [0, 0.1) is 6.92 Å². The van der Waals surface area contributed by atoms with E-state index in [9.17, 15) is 9.59 Å². The Morgan fingerprint density at radius 3 is 2.74 bits per heavy atom. The van der Waals surface area contributed by atoms with Crippen LogP contribution >= 0.6 is 11.3 Å². The van der Waals surface area contributed by atoms with Crippen LogP contribution in [-0.2, 0) is 9.59 Å². The van der Waals surface area contributed by atoms with Crippen molar-refractivity contribution in [1.82, 2.24) is 5.32 Å². The molecule has 5 heteroatoms. The number of thiophene rings is 1. The van der Waals surface area contributed by atoms with Crippen LogP contribution in [0.25, 0.3) is 6.08 Å². The lowest BCUT2D eigenvalue weighted by molar-refractivity contribution is -0.137. The SMILES string of the molecule is CCCC(CC(=O)O)NC(=O)/C=C/c1ccc(C)s1. The maximum absolute atomic E-state index is 11.7. The molecule has 0 aliphatic heterocycles. The lowest BCUT2D eigenvalue weighted by Crippen LogP contribution is -2.35. The van der Waals surface area contributed by atoms with Crippen LogP contribution in [0.4, 0.5) is 0 Å². The smallest absolute Gasteiger partial charge is 0.305 e. The zero-order valence-corrected chi connectivity index (χ0v) is 12.0. The van der Waals surface area contributed by atoms with Gasteiger partial charge in [0.1, 0.15) is 0 Å². The van der Waals surface area contributed by atoms with Crippen molar-refractivity contribution in [3.8, 4) is 0 Å². The molecular weight excluding hydrogens is 262 g/mol. The van der Waals surface area contributed by atoms with E-state index in [0.717, 1.165) is 11.3 Å². The molecule has 104 valence electrons. The van der Waals surface area contributed by atoms with Crippen molar-refractivity contribution in [2.24, 2.45) is 0 Å². The van der Waals surface area contributed by atoms with Gasteiger partial charge in [0.05, 0.1) is 6.42 Å². The Hall–Kier alpha value is -1.62. The predicted octanol–water partition coefficient (Wildman–Crippen LogP) is 2.83. The first-order valence-electron chi connectivity index (χ1n) is 6.28. The second-order valence-corrected chi connectivity index (χ2v) is 5.69. The van der Waals surface area contributed by atoms with Gasteiger partial charge in [-0.2, -0.15) is 0 Å². The fraction of sp³-hybridized carbons (Fsp3) is 0.429. The third-order valence-electron chi connectivity index (χ3n) is 2.56. The Balaban J connectivity index is 2.52. The summed E-state index contributed by atoms with van der Waals surface area (Å²) < 4.78 is 0. The average molecular weight is 281 g/mol. The zero-order chi connectivity index (χ0) is 14.3. The molecule has 0 radical (unpaired) electrons. The molecule has 0 saturated heterocycles. The minimum atomic E-state index is -0.892. The van der Waals surface area contributed by atoms with Gasteiger partial charge in [-0.15, -0.1) is 11.3 Å². The van der Waals surface area contributed by atoms with E-state index in [0.29, 0.717) is 6.42 Å². The van der Waals surface area contributed by atoms with E-state index in [1.54, 1.807) is 17.4 Å². The number of amides is 1. The van der Waals surface area contributed by atoms with E-state index in [1.165, 1.54) is 11.0 Å². The third-order valence-corrected chi connectivity index (χ3v) is 3.53. The number of nitrogens with one attached hydrogen (secondary N) is 1. The molecule has 0 aliphatic carbocycles. The molecule has 0 aliphatic rings. The summed E-state index contributed by atoms with van der Waals surface area (Å²) >= 11 is 1.61. The van der Waals surface area contributed by atoms with E-state index in [4.69, 9.17) is 5.11 Å². The van der Waals surface area contributed by atoms with Crippen LogP contribution in [-0.4, -0.2) is 23.0 Å². The first-order chi connectivity index (χ1) is 9.01. The standard InChI is InChI=1S/C14H19NO3S/c1-3-4-11(9-14(17)18)15-13(16)8-7-12-6-5-10(2)19-12/h5-8,11H,3-4,9H2,1-2H3,(H,15,16)(H,17,18)/b8-7+. The molecule has 1 aromatic heterocycles. The lowest BCUT2D eigenvalue weighted by Gasteiger charge is -2.14. The maximum Gasteiger partial charge on any atom is 0.305 e. The van der Waals surface area contributed by atoms with Crippen LogP contribution in [0.1, 0.15) is 35.9 Å². The topological polar surface area (TPSA) is 66.4 Å². The monoisotopic (exact) mass is 281 g/mol. The van der Waals surface area contributed by atoms with Crippen LogP contribution < -0.4 is 5.32 Å². The second-order valence-electron chi connectivity index (χ2n) is 4.37. The summed E-state index contributed by atoms with van der Waals surface area (Å²) in [7, 11) is 0. The van der Waals surface area contributed by atoms with Crippen molar-refractivity contribution < 1.29 is 14.7 Å². The fourth-order valence-electron chi connectivity index (χ4n) is 1.73. The fourth-order valence-corrected chi connectivity index (χ4v) is 2.51. The molecule has 0 fully saturated rings. The molecule has 4 nitrogen and oxygen atoms in total. The molecule has 0 aromatic carbocycles. The summed E-state index contributed by atoms with van der Waals surface area (Å²) in [5.41, 5.74) is 0. The number of aliphatic carboxylic acids is 1. The van der Waals surface area contributed by atoms with E-state index in [2.05, 4.69) is 5.32 Å². The third kappa shape index (κ3) is 6.20. The van der Waals surface area contributed by atoms with Crippen molar-refractivity contribution in [3.63, 3.8) is 0 Å². The van der Waals surface area contributed by atoms with E-state index >= 15 is 0 Å². The number of hydrogen-bond donors (Lipinski definition) is 2. The number of aryl methyl sites for hydroxylation is 1. The highest BCUT2D eigenvalue weighted by molar-refractivity contribution is 7.12. The number of carboxylic acid groups (broad SMARTS) is 1. The minimum absolute atomic E-state index is 0.0362. The molecule has 2 N–H and O–H groups in total. The summed E-state index contributed by atoms with van der Waals surface area (Å²) in [5.74, 6) is -1.14.